The van der Waals surface area contributed by atoms with E-state index in [1.165, 1.54) is 10.7 Å². The number of rotatable bonds is 3. The van der Waals surface area contributed by atoms with Gasteiger partial charge in [-0.25, -0.2) is 4.68 Å². The van der Waals surface area contributed by atoms with E-state index in [4.69, 9.17) is 5.11 Å². The van der Waals surface area contributed by atoms with Crippen LogP contribution in [0.15, 0.2) is 30.5 Å². The molecule has 0 aliphatic carbocycles. The lowest BCUT2D eigenvalue weighted by Gasteiger charge is -2.05. The predicted molar refractivity (Wildman–Crippen MR) is 60.9 cm³/mol. The van der Waals surface area contributed by atoms with Crippen molar-refractivity contribution >= 4 is 5.69 Å². The van der Waals surface area contributed by atoms with Crippen LogP contribution in [0.4, 0.5) is 5.69 Å². The summed E-state index contributed by atoms with van der Waals surface area (Å²) >= 11 is 0. The Hall–Kier alpha value is -2.21. The first kappa shape index (κ1) is 11.3. The average Bonchev–Trinajstić information content (AvgIpc) is 2.77. The Morgan fingerprint density at radius 2 is 2.24 bits per heavy atom. The number of nitrogens with zero attached hydrogens (tertiary/aromatic N) is 3. The molecule has 0 spiro atoms. The third kappa shape index (κ3) is 2.02. The molecule has 0 aliphatic heterocycles. The molecule has 0 atom stereocenters. The van der Waals surface area contributed by atoms with Gasteiger partial charge in [0.25, 0.3) is 5.69 Å². The van der Waals surface area contributed by atoms with Crippen LogP contribution < -0.4 is 0 Å². The highest BCUT2D eigenvalue weighted by Gasteiger charge is 2.14. The summed E-state index contributed by atoms with van der Waals surface area (Å²) in [5, 5.41) is 23.8. The van der Waals surface area contributed by atoms with Crippen molar-refractivity contribution in [2.75, 3.05) is 0 Å². The van der Waals surface area contributed by atoms with Crippen LogP contribution in [0.3, 0.4) is 0 Å². The Bertz CT molecular complexity index is 563. The fourth-order valence-electron chi connectivity index (χ4n) is 1.64. The number of aliphatic hydroxyl groups is 1. The van der Waals surface area contributed by atoms with Crippen molar-refractivity contribution in [3.8, 4) is 5.69 Å². The summed E-state index contributed by atoms with van der Waals surface area (Å²) in [6, 6.07) is 6.48. The summed E-state index contributed by atoms with van der Waals surface area (Å²) in [7, 11) is 0. The lowest BCUT2D eigenvalue weighted by molar-refractivity contribution is -0.385. The second-order valence-corrected chi connectivity index (χ2v) is 3.59. The van der Waals surface area contributed by atoms with Crippen molar-refractivity contribution in [1.82, 2.24) is 9.78 Å². The second kappa shape index (κ2) is 4.34. The van der Waals surface area contributed by atoms with E-state index in [0.29, 0.717) is 16.9 Å². The van der Waals surface area contributed by atoms with Crippen molar-refractivity contribution in [2.45, 2.75) is 13.5 Å². The highest BCUT2D eigenvalue weighted by atomic mass is 16.6. The minimum atomic E-state index is -0.421. The molecule has 0 aliphatic rings. The van der Waals surface area contributed by atoms with Gasteiger partial charge in [0, 0.05) is 12.3 Å². The van der Waals surface area contributed by atoms with Crippen LogP contribution in [0.1, 0.15) is 11.3 Å². The van der Waals surface area contributed by atoms with Gasteiger partial charge in [-0.15, -0.1) is 0 Å². The fourth-order valence-corrected chi connectivity index (χ4v) is 1.64. The number of benzene rings is 1. The topological polar surface area (TPSA) is 81.2 Å². The molecule has 0 unspecified atom stereocenters. The number of nitro benzene ring substituents is 1. The molecule has 17 heavy (non-hydrogen) atoms. The largest absolute Gasteiger partial charge is 0.390 e. The molecule has 0 fully saturated rings. The van der Waals surface area contributed by atoms with Gasteiger partial charge >= 0.3 is 0 Å². The molecule has 6 heteroatoms. The summed E-state index contributed by atoms with van der Waals surface area (Å²) in [5.74, 6) is 0. The molecule has 0 saturated carbocycles. The molecule has 1 aromatic heterocycles. The van der Waals surface area contributed by atoms with Crippen LogP contribution in [0, 0.1) is 17.0 Å². The number of nitro groups is 1. The summed E-state index contributed by atoms with van der Waals surface area (Å²) < 4.78 is 1.52. The van der Waals surface area contributed by atoms with Crippen LogP contribution in [0.2, 0.25) is 0 Å². The number of hydrogen-bond acceptors (Lipinski definition) is 4. The van der Waals surface area contributed by atoms with Gasteiger partial charge in [0.15, 0.2) is 0 Å². The first-order valence-electron chi connectivity index (χ1n) is 5.03. The first-order chi connectivity index (χ1) is 8.13. The fraction of sp³-hybridized carbons (Fsp3) is 0.182. The Morgan fingerprint density at radius 3 is 2.82 bits per heavy atom. The Labute approximate surface area is 97.3 Å². The minimum Gasteiger partial charge on any atom is -0.390 e. The smallest absolute Gasteiger partial charge is 0.274 e. The number of hydrogen-bond donors (Lipinski definition) is 1. The van der Waals surface area contributed by atoms with Crippen molar-refractivity contribution in [2.24, 2.45) is 0 Å². The quantitative estimate of drug-likeness (QED) is 0.644. The van der Waals surface area contributed by atoms with Crippen LogP contribution in [0.25, 0.3) is 5.69 Å². The van der Waals surface area contributed by atoms with E-state index in [1.807, 2.05) is 0 Å². The maximum absolute atomic E-state index is 10.8. The van der Waals surface area contributed by atoms with Crippen molar-refractivity contribution in [3.63, 3.8) is 0 Å². The second-order valence-electron chi connectivity index (χ2n) is 3.59. The van der Waals surface area contributed by atoms with Crippen molar-refractivity contribution in [1.29, 1.82) is 0 Å². The molecule has 1 aromatic carbocycles. The molecular formula is C11H11N3O3. The van der Waals surface area contributed by atoms with Gasteiger partial charge in [0.1, 0.15) is 0 Å². The zero-order valence-corrected chi connectivity index (χ0v) is 9.20. The molecule has 2 aromatic rings. The molecule has 2 rings (SSSR count). The molecule has 1 heterocycles. The Balaban J connectivity index is 2.52. The highest BCUT2D eigenvalue weighted by molar-refractivity contribution is 5.52. The molecule has 0 bridgehead atoms. The zero-order chi connectivity index (χ0) is 12.4. The number of aliphatic hydroxyl groups excluding tert-OH is 1. The summed E-state index contributed by atoms with van der Waals surface area (Å²) in [5.41, 5.74) is 1.77. The summed E-state index contributed by atoms with van der Waals surface area (Å²) in [6.45, 7) is 1.52. The van der Waals surface area contributed by atoms with E-state index >= 15 is 0 Å². The maximum Gasteiger partial charge on any atom is 0.274 e. The highest BCUT2D eigenvalue weighted by Crippen LogP contribution is 2.23. The number of aromatic nitrogens is 2. The van der Waals surface area contributed by atoms with Crippen LogP contribution in [0.5, 0.6) is 0 Å². The molecule has 0 saturated heterocycles. The predicted octanol–water partition coefficient (Wildman–Crippen LogP) is 1.58. The third-order valence-corrected chi connectivity index (χ3v) is 2.53. The lowest BCUT2D eigenvalue weighted by atomic mass is 10.1. The van der Waals surface area contributed by atoms with Gasteiger partial charge in [-0.1, -0.05) is 6.07 Å². The molecule has 1 N–H and O–H groups in total. The van der Waals surface area contributed by atoms with Crippen LogP contribution in [-0.2, 0) is 6.61 Å². The minimum absolute atomic E-state index is 0.0588. The standard InChI is InChI=1S/C11H11N3O3/c1-8-10(3-2-4-11(8)14(16)17)13-6-5-9(7-15)12-13/h2-6,15H,7H2,1H3. The molecule has 0 radical (unpaired) electrons. The van der Waals surface area contributed by atoms with Crippen molar-refractivity contribution in [3.05, 3.63) is 51.8 Å². The van der Waals surface area contributed by atoms with Gasteiger partial charge in [-0.05, 0) is 19.1 Å². The normalized spacial score (nSPS) is 10.5. The SMILES string of the molecule is Cc1c(-n2ccc(CO)n2)cccc1[N+](=O)[O-]. The lowest BCUT2D eigenvalue weighted by Crippen LogP contribution is -2.01. The van der Waals surface area contributed by atoms with Gasteiger partial charge in [-0.2, -0.15) is 5.10 Å². The zero-order valence-electron chi connectivity index (χ0n) is 9.20. The van der Waals surface area contributed by atoms with Gasteiger partial charge in [0.2, 0.25) is 0 Å². The first-order valence-corrected chi connectivity index (χ1v) is 5.03. The Morgan fingerprint density at radius 1 is 1.47 bits per heavy atom. The molecule has 6 nitrogen and oxygen atoms in total. The van der Waals surface area contributed by atoms with Crippen molar-refractivity contribution < 1.29 is 10.0 Å². The van der Waals surface area contributed by atoms with Gasteiger partial charge in [0.05, 0.1) is 28.5 Å². The monoisotopic (exact) mass is 233 g/mol. The van der Waals surface area contributed by atoms with Crippen LogP contribution in [-0.4, -0.2) is 19.8 Å². The molecule has 0 amide bonds. The average molecular weight is 233 g/mol. The molecular weight excluding hydrogens is 222 g/mol. The van der Waals surface area contributed by atoms with E-state index < -0.39 is 4.92 Å². The molecule has 88 valence electrons. The maximum atomic E-state index is 10.8. The van der Waals surface area contributed by atoms with Crippen LogP contribution >= 0.6 is 0 Å². The van der Waals surface area contributed by atoms with E-state index in [-0.39, 0.29) is 12.3 Å². The summed E-state index contributed by atoms with van der Waals surface area (Å²) in [4.78, 5) is 10.4. The van der Waals surface area contributed by atoms with E-state index in [0.717, 1.165) is 0 Å². The third-order valence-electron chi connectivity index (χ3n) is 2.53. The van der Waals surface area contributed by atoms with E-state index in [9.17, 15) is 10.1 Å². The van der Waals surface area contributed by atoms with E-state index in [1.54, 1.807) is 31.3 Å². The van der Waals surface area contributed by atoms with Gasteiger partial charge < -0.3 is 5.11 Å². The van der Waals surface area contributed by atoms with Gasteiger partial charge in [-0.3, -0.25) is 10.1 Å². The Kier molecular flexibility index (Phi) is 2.88. The summed E-state index contributed by atoms with van der Waals surface area (Å²) in [6.07, 6.45) is 1.66. The van der Waals surface area contributed by atoms with E-state index in [2.05, 4.69) is 5.10 Å².